The van der Waals surface area contributed by atoms with Gasteiger partial charge in [0.15, 0.2) is 0 Å². The second-order valence-electron chi connectivity index (χ2n) is 9.20. The van der Waals surface area contributed by atoms with E-state index in [1.54, 1.807) is 16.7 Å². The normalized spacial score (nSPS) is 34.0. The Hall–Kier alpha value is -1.80. The van der Waals surface area contributed by atoms with Crippen LogP contribution in [0.3, 0.4) is 0 Å². The lowest BCUT2D eigenvalue weighted by molar-refractivity contribution is -0.144. The van der Waals surface area contributed by atoms with Gasteiger partial charge in [0.25, 0.3) is 0 Å². The van der Waals surface area contributed by atoms with E-state index < -0.39 is 22.6 Å². The first-order valence-corrected chi connectivity index (χ1v) is 12.9. The summed E-state index contributed by atoms with van der Waals surface area (Å²) < 4.78 is -0.770. The smallest absolute Gasteiger partial charge is 0.247 e. The van der Waals surface area contributed by atoms with Gasteiger partial charge in [0.1, 0.15) is 6.04 Å². The fourth-order valence-electron chi connectivity index (χ4n) is 5.81. The first-order valence-electron chi connectivity index (χ1n) is 12.0. The third kappa shape index (κ3) is 3.69. The number of hydrogen-bond acceptors (Lipinski definition) is 5. The Morgan fingerprint density at radius 3 is 2.44 bits per heavy atom. The van der Waals surface area contributed by atoms with Crippen molar-refractivity contribution in [2.75, 3.05) is 39.3 Å². The number of fused-ring (bicyclic) bond motifs is 2. The Morgan fingerprint density at radius 1 is 0.969 bits per heavy atom. The van der Waals surface area contributed by atoms with E-state index in [4.69, 9.17) is 0 Å². The molecular formula is C24H35N3O4S. The zero-order valence-corrected chi connectivity index (χ0v) is 19.9. The lowest BCUT2D eigenvalue weighted by Gasteiger charge is -2.35. The molecule has 1 spiro atoms. The number of carbonyl (C=O) groups is 3. The van der Waals surface area contributed by atoms with Gasteiger partial charge in [-0.2, -0.15) is 0 Å². The number of aliphatic hydroxyl groups excluding tert-OH is 1. The van der Waals surface area contributed by atoms with Gasteiger partial charge in [-0.15, -0.1) is 11.8 Å². The van der Waals surface area contributed by atoms with Gasteiger partial charge in [-0.3, -0.25) is 14.4 Å². The molecule has 0 aromatic rings. The van der Waals surface area contributed by atoms with Gasteiger partial charge in [0.2, 0.25) is 17.7 Å². The molecule has 4 rings (SSSR count). The third-order valence-corrected chi connectivity index (χ3v) is 8.94. The Kier molecular flexibility index (Phi) is 7.00. The number of amides is 3. The summed E-state index contributed by atoms with van der Waals surface area (Å²) in [5.74, 6) is -1.27. The average Bonchev–Trinajstić information content (AvgIpc) is 3.09. The van der Waals surface area contributed by atoms with Crippen molar-refractivity contribution in [3.05, 3.63) is 24.3 Å². The summed E-state index contributed by atoms with van der Waals surface area (Å²) in [6.07, 6.45) is 12.1. The number of aliphatic hydroxyl groups is 1. The maximum Gasteiger partial charge on any atom is 0.247 e. The molecule has 3 amide bonds. The Morgan fingerprint density at radius 2 is 1.72 bits per heavy atom. The van der Waals surface area contributed by atoms with Crippen molar-refractivity contribution in [3.63, 3.8) is 0 Å². The molecule has 0 saturated carbocycles. The molecule has 4 aliphatic heterocycles. The van der Waals surface area contributed by atoms with Crippen LogP contribution in [-0.2, 0) is 14.4 Å². The van der Waals surface area contributed by atoms with Crippen molar-refractivity contribution in [2.24, 2.45) is 11.8 Å². The van der Waals surface area contributed by atoms with E-state index in [9.17, 15) is 19.5 Å². The maximum atomic E-state index is 13.8. The Labute approximate surface area is 194 Å². The third-order valence-electron chi connectivity index (χ3n) is 7.19. The van der Waals surface area contributed by atoms with Crippen LogP contribution in [0.25, 0.3) is 0 Å². The van der Waals surface area contributed by atoms with Gasteiger partial charge >= 0.3 is 0 Å². The summed E-state index contributed by atoms with van der Waals surface area (Å²) in [5.41, 5.74) is 0. The summed E-state index contributed by atoms with van der Waals surface area (Å²) in [5, 5.41) is 9.58. The van der Waals surface area contributed by atoms with Crippen molar-refractivity contribution in [1.29, 1.82) is 0 Å². The second-order valence-corrected chi connectivity index (χ2v) is 10.7. The fraction of sp³-hybridized carbons (Fsp3) is 0.708. The van der Waals surface area contributed by atoms with Crippen molar-refractivity contribution in [2.45, 2.75) is 55.6 Å². The summed E-state index contributed by atoms with van der Waals surface area (Å²) in [4.78, 5) is 46.4. The lowest BCUT2D eigenvalue weighted by Crippen LogP contribution is -2.53. The number of carbonyl (C=O) groups excluding carboxylic acids is 3. The van der Waals surface area contributed by atoms with Crippen LogP contribution in [0.15, 0.2) is 24.3 Å². The van der Waals surface area contributed by atoms with Gasteiger partial charge in [-0.25, -0.2) is 0 Å². The van der Waals surface area contributed by atoms with Crippen LogP contribution in [0, 0.1) is 11.8 Å². The number of thioether (sulfide) groups is 1. The highest BCUT2D eigenvalue weighted by molar-refractivity contribution is 8.02. The zero-order valence-electron chi connectivity index (χ0n) is 19.1. The molecule has 0 radical (unpaired) electrons. The molecule has 2 fully saturated rings. The predicted molar refractivity (Wildman–Crippen MR) is 125 cm³/mol. The van der Waals surface area contributed by atoms with Gasteiger partial charge < -0.3 is 19.8 Å². The molecule has 0 aromatic heterocycles. The lowest BCUT2D eigenvalue weighted by atomic mass is 9.78. The highest BCUT2D eigenvalue weighted by Gasteiger charge is 2.70. The van der Waals surface area contributed by atoms with Crippen LogP contribution in [0.1, 0.15) is 39.5 Å². The number of nitrogens with zero attached hydrogens (tertiary/aromatic N) is 3. The largest absolute Gasteiger partial charge is 0.395 e. The monoisotopic (exact) mass is 461 g/mol. The van der Waals surface area contributed by atoms with Crippen molar-refractivity contribution < 1.29 is 19.5 Å². The van der Waals surface area contributed by atoms with Crippen LogP contribution >= 0.6 is 11.8 Å². The maximum absolute atomic E-state index is 13.8. The SMILES string of the molecule is CCCCCN1CC=C[C@]23S[C@@H]4C=CCN(CCC)C(=O)[C@@H]4[C@H]2C(=O)N(CCO)C3C1=O. The van der Waals surface area contributed by atoms with Crippen LogP contribution in [0.2, 0.25) is 0 Å². The van der Waals surface area contributed by atoms with Crippen molar-refractivity contribution >= 4 is 29.5 Å². The Balaban J connectivity index is 1.73. The summed E-state index contributed by atoms with van der Waals surface area (Å²) in [6.45, 7) is 6.51. The number of hydrogen-bond donors (Lipinski definition) is 1. The van der Waals surface area contributed by atoms with E-state index in [1.807, 2.05) is 35.0 Å². The van der Waals surface area contributed by atoms with Crippen molar-refractivity contribution in [3.8, 4) is 0 Å². The molecule has 32 heavy (non-hydrogen) atoms. The molecule has 1 unspecified atom stereocenters. The molecule has 5 atom stereocenters. The van der Waals surface area contributed by atoms with E-state index in [2.05, 4.69) is 13.0 Å². The van der Waals surface area contributed by atoms with Crippen LogP contribution < -0.4 is 0 Å². The first kappa shape index (κ1) is 23.4. The fourth-order valence-corrected chi connectivity index (χ4v) is 7.82. The van der Waals surface area contributed by atoms with E-state index in [1.165, 1.54) is 0 Å². The van der Waals surface area contributed by atoms with E-state index in [0.29, 0.717) is 26.2 Å². The average molecular weight is 462 g/mol. The van der Waals surface area contributed by atoms with E-state index >= 15 is 0 Å². The molecule has 0 bridgehead atoms. The van der Waals surface area contributed by atoms with Crippen LogP contribution in [-0.4, -0.2) is 92.9 Å². The first-order chi connectivity index (χ1) is 15.5. The highest BCUT2D eigenvalue weighted by Crippen LogP contribution is 2.60. The number of β-amino-alcohol motifs (C(OH)–C–C–N with tert-alkyl or cyclic N) is 1. The van der Waals surface area contributed by atoms with Gasteiger partial charge in [-0.1, -0.05) is 51.0 Å². The molecule has 7 nitrogen and oxygen atoms in total. The topological polar surface area (TPSA) is 81.2 Å². The van der Waals surface area contributed by atoms with Gasteiger partial charge in [0.05, 0.1) is 23.2 Å². The number of likely N-dealkylation sites (tertiary alicyclic amines) is 1. The molecule has 4 heterocycles. The highest BCUT2D eigenvalue weighted by atomic mass is 32.2. The standard InChI is InChI=1S/C24H35N3O4S/c1-3-5-6-12-26-14-8-10-24-19(22(30)27(15-16-28)20(24)23(26)31)18-17(32-24)9-7-13-25(11-4-2)21(18)29/h7-10,17-20,28H,3-6,11-16H2,1-2H3/t17-,18+,19+,20?,24+/m1/s1. The molecule has 2 saturated heterocycles. The molecule has 8 heteroatoms. The summed E-state index contributed by atoms with van der Waals surface area (Å²) in [6, 6.07) is -0.676. The molecule has 0 aliphatic carbocycles. The summed E-state index contributed by atoms with van der Waals surface area (Å²) in [7, 11) is 0. The predicted octanol–water partition coefficient (Wildman–Crippen LogP) is 1.67. The number of rotatable bonds is 8. The molecule has 1 N–H and O–H groups in total. The van der Waals surface area contributed by atoms with Gasteiger partial charge in [0, 0.05) is 38.0 Å². The van der Waals surface area contributed by atoms with E-state index in [-0.39, 0.29) is 36.1 Å². The Bertz CT molecular complexity index is 815. The molecule has 4 aliphatic rings. The molecule has 176 valence electrons. The minimum Gasteiger partial charge on any atom is -0.395 e. The number of unbranched alkanes of at least 4 members (excludes halogenated alkanes) is 2. The quantitative estimate of drug-likeness (QED) is 0.439. The van der Waals surface area contributed by atoms with Crippen LogP contribution in [0.4, 0.5) is 0 Å². The van der Waals surface area contributed by atoms with Gasteiger partial charge in [-0.05, 0) is 12.8 Å². The zero-order chi connectivity index (χ0) is 22.9. The minimum atomic E-state index is -0.770. The summed E-state index contributed by atoms with van der Waals surface area (Å²) >= 11 is 1.60. The minimum absolute atomic E-state index is 0.0130. The second kappa shape index (κ2) is 9.59. The van der Waals surface area contributed by atoms with Crippen LogP contribution in [0.5, 0.6) is 0 Å². The van der Waals surface area contributed by atoms with Crippen molar-refractivity contribution in [1.82, 2.24) is 14.7 Å². The molecular weight excluding hydrogens is 426 g/mol. The molecule has 0 aromatic carbocycles. The van der Waals surface area contributed by atoms with E-state index in [0.717, 1.165) is 25.7 Å².